The Labute approximate surface area is 137 Å². The molecule has 0 spiro atoms. The molecule has 0 saturated heterocycles. The summed E-state index contributed by atoms with van der Waals surface area (Å²) in [7, 11) is 0. The zero-order valence-electron chi connectivity index (χ0n) is 13.3. The molecule has 1 amide bonds. The van der Waals surface area contributed by atoms with E-state index in [0.29, 0.717) is 18.0 Å². The van der Waals surface area contributed by atoms with E-state index in [-0.39, 0.29) is 12.5 Å². The molecule has 0 aliphatic carbocycles. The number of carbonyl (C=O) groups excluding carboxylic acids is 1. The van der Waals surface area contributed by atoms with E-state index >= 15 is 0 Å². The Morgan fingerprint density at radius 2 is 1.83 bits per heavy atom. The maximum atomic E-state index is 12.0. The summed E-state index contributed by atoms with van der Waals surface area (Å²) in [6.07, 6.45) is 0.980. The quantitative estimate of drug-likeness (QED) is 0.825. The zero-order valence-corrected chi connectivity index (χ0v) is 13.3. The summed E-state index contributed by atoms with van der Waals surface area (Å²) in [4.78, 5) is 12.0. The number of anilines is 1. The van der Waals surface area contributed by atoms with Crippen LogP contribution in [0.5, 0.6) is 0 Å². The number of nitrogens with zero attached hydrogens (tertiary/aromatic N) is 1. The average molecular weight is 307 g/mol. The summed E-state index contributed by atoms with van der Waals surface area (Å²) in [5.74, 6) is 0.291. The predicted molar refractivity (Wildman–Crippen MR) is 92.1 cm³/mol. The Morgan fingerprint density at radius 3 is 2.43 bits per heavy atom. The van der Waals surface area contributed by atoms with Crippen LogP contribution in [-0.4, -0.2) is 19.0 Å². The highest BCUT2D eigenvalue weighted by Crippen LogP contribution is 2.17. The molecule has 118 valence electrons. The molecule has 0 aromatic heterocycles. The number of hydrogen-bond acceptors (Lipinski definition) is 3. The smallest absolute Gasteiger partial charge is 0.239 e. The van der Waals surface area contributed by atoms with Gasteiger partial charge in [0.1, 0.15) is 0 Å². The normalized spacial score (nSPS) is 11.3. The molecule has 4 heteroatoms. The Bertz CT molecular complexity index is 659. The van der Waals surface area contributed by atoms with Gasteiger partial charge in [-0.25, -0.2) is 0 Å². The molecule has 4 nitrogen and oxygen atoms in total. The number of rotatable bonds is 7. The highest BCUT2D eigenvalue weighted by Gasteiger charge is 2.10. The molecule has 1 unspecified atom stereocenters. The van der Waals surface area contributed by atoms with E-state index < -0.39 is 0 Å². The lowest BCUT2D eigenvalue weighted by Gasteiger charge is -2.16. The standard InChI is InChI=1S/C19H21N3O/c1-2-16(17-6-4-3-5-7-17)13-22-19(23)14-21-18-10-8-15(12-20)9-11-18/h3-11,16,21H,2,13-14H2,1H3,(H,22,23). The zero-order chi connectivity index (χ0) is 16.5. The van der Waals surface area contributed by atoms with Crippen LogP contribution in [0.1, 0.15) is 30.4 Å². The van der Waals surface area contributed by atoms with Gasteiger partial charge < -0.3 is 10.6 Å². The van der Waals surface area contributed by atoms with E-state index in [9.17, 15) is 4.79 Å². The summed E-state index contributed by atoms with van der Waals surface area (Å²) < 4.78 is 0. The highest BCUT2D eigenvalue weighted by molar-refractivity contribution is 5.80. The SMILES string of the molecule is CCC(CNC(=O)CNc1ccc(C#N)cc1)c1ccccc1. The predicted octanol–water partition coefficient (Wildman–Crippen LogP) is 3.28. The van der Waals surface area contributed by atoms with Crippen LogP contribution in [0.4, 0.5) is 5.69 Å². The van der Waals surface area contributed by atoms with Crippen molar-refractivity contribution in [2.24, 2.45) is 0 Å². The lowest BCUT2D eigenvalue weighted by Crippen LogP contribution is -2.33. The van der Waals surface area contributed by atoms with Gasteiger partial charge in [-0.15, -0.1) is 0 Å². The van der Waals surface area contributed by atoms with Gasteiger partial charge in [0.15, 0.2) is 0 Å². The van der Waals surface area contributed by atoms with Gasteiger partial charge in [-0.1, -0.05) is 37.3 Å². The van der Waals surface area contributed by atoms with E-state index in [1.165, 1.54) is 5.56 Å². The van der Waals surface area contributed by atoms with Crippen LogP contribution in [0.2, 0.25) is 0 Å². The fraction of sp³-hybridized carbons (Fsp3) is 0.263. The van der Waals surface area contributed by atoms with Gasteiger partial charge in [0.25, 0.3) is 0 Å². The summed E-state index contributed by atoms with van der Waals surface area (Å²) >= 11 is 0. The van der Waals surface area contributed by atoms with Gasteiger partial charge in [0.2, 0.25) is 5.91 Å². The average Bonchev–Trinajstić information content (AvgIpc) is 2.62. The molecule has 23 heavy (non-hydrogen) atoms. The summed E-state index contributed by atoms with van der Waals surface area (Å²) in [5.41, 5.74) is 2.68. The molecule has 0 aliphatic heterocycles. The molecule has 0 fully saturated rings. The van der Waals surface area contributed by atoms with E-state index in [1.807, 2.05) is 18.2 Å². The van der Waals surface area contributed by atoms with E-state index in [1.54, 1.807) is 24.3 Å². The monoisotopic (exact) mass is 307 g/mol. The first-order valence-corrected chi connectivity index (χ1v) is 7.78. The van der Waals surface area contributed by atoms with Gasteiger partial charge in [-0.2, -0.15) is 5.26 Å². The molecule has 2 aromatic rings. The highest BCUT2D eigenvalue weighted by atomic mass is 16.1. The van der Waals surface area contributed by atoms with Gasteiger partial charge in [0.05, 0.1) is 18.2 Å². The summed E-state index contributed by atoms with van der Waals surface area (Å²) in [5, 5.41) is 14.8. The summed E-state index contributed by atoms with van der Waals surface area (Å²) in [6, 6.07) is 19.3. The lowest BCUT2D eigenvalue weighted by molar-refractivity contribution is -0.119. The first-order valence-electron chi connectivity index (χ1n) is 7.78. The molecule has 2 N–H and O–H groups in total. The number of nitrogens with one attached hydrogen (secondary N) is 2. The van der Waals surface area contributed by atoms with Crippen LogP contribution in [-0.2, 0) is 4.79 Å². The lowest BCUT2D eigenvalue weighted by atomic mass is 9.96. The number of amides is 1. The number of nitriles is 1. The first kappa shape index (κ1) is 16.6. The molecule has 0 aliphatic rings. The third-order valence-corrected chi connectivity index (χ3v) is 3.78. The Morgan fingerprint density at radius 1 is 1.13 bits per heavy atom. The second-order valence-corrected chi connectivity index (χ2v) is 5.36. The van der Waals surface area contributed by atoms with Gasteiger partial charge in [-0.05, 0) is 36.2 Å². The van der Waals surface area contributed by atoms with Crippen molar-refractivity contribution in [2.75, 3.05) is 18.4 Å². The van der Waals surface area contributed by atoms with Crippen molar-refractivity contribution in [2.45, 2.75) is 19.3 Å². The molecule has 0 saturated carbocycles. The van der Waals surface area contributed by atoms with E-state index in [0.717, 1.165) is 12.1 Å². The topological polar surface area (TPSA) is 64.9 Å². The molecular weight excluding hydrogens is 286 g/mol. The van der Waals surface area contributed by atoms with Crippen molar-refractivity contribution in [3.05, 3.63) is 65.7 Å². The minimum Gasteiger partial charge on any atom is -0.376 e. The van der Waals surface area contributed by atoms with Crippen LogP contribution in [0.25, 0.3) is 0 Å². The van der Waals surface area contributed by atoms with Crippen LogP contribution in [0.15, 0.2) is 54.6 Å². The minimum absolute atomic E-state index is 0.0382. The molecular formula is C19H21N3O. The fourth-order valence-corrected chi connectivity index (χ4v) is 2.37. The van der Waals surface area contributed by atoms with Gasteiger partial charge in [0, 0.05) is 18.2 Å². The van der Waals surface area contributed by atoms with E-state index in [2.05, 4.69) is 35.8 Å². The second kappa shape index (κ2) is 8.60. The summed E-state index contributed by atoms with van der Waals surface area (Å²) in [6.45, 7) is 2.98. The second-order valence-electron chi connectivity index (χ2n) is 5.36. The fourth-order valence-electron chi connectivity index (χ4n) is 2.37. The molecule has 2 aromatic carbocycles. The number of carbonyl (C=O) groups is 1. The number of benzene rings is 2. The maximum Gasteiger partial charge on any atom is 0.239 e. The molecule has 1 atom stereocenters. The minimum atomic E-state index is -0.0382. The number of hydrogen-bond donors (Lipinski definition) is 2. The van der Waals surface area contributed by atoms with Crippen LogP contribution >= 0.6 is 0 Å². The first-order chi connectivity index (χ1) is 11.2. The van der Waals surface area contributed by atoms with Gasteiger partial charge in [-0.3, -0.25) is 4.79 Å². The molecule has 0 heterocycles. The van der Waals surface area contributed by atoms with Crippen molar-refractivity contribution in [1.82, 2.24) is 5.32 Å². The van der Waals surface area contributed by atoms with E-state index in [4.69, 9.17) is 5.26 Å². The largest absolute Gasteiger partial charge is 0.376 e. The van der Waals surface area contributed by atoms with Crippen molar-refractivity contribution >= 4 is 11.6 Å². The van der Waals surface area contributed by atoms with Crippen LogP contribution in [0, 0.1) is 11.3 Å². The molecule has 2 rings (SSSR count). The maximum absolute atomic E-state index is 12.0. The van der Waals surface area contributed by atoms with Crippen molar-refractivity contribution in [3.63, 3.8) is 0 Å². The third kappa shape index (κ3) is 5.15. The van der Waals surface area contributed by atoms with Crippen LogP contribution in [0.3, 0.4) is 0 Å². The Hall–Kier alpha value is -2.80. The third-order valence-electron chi connectivity index (χ3n) is 3.78. The van der Waals surface area contributed by atoms with Crippen molar-refractivity contribution < 1.29 is 4.79 Å². The van der Waals surface area contributed by atoms with Gasteiger partial charge >= 0.3 is 0 Å². The van der Waals surface area contributed by atoms with Crippen molar-refractivity contribution in [3.8, 4) is 6.07 Å². The van der Waals surface area contributed by atoms with Crippen molar-refractivity contribution in [1.29, 1.82) is 5.26 Å². The molecule has 0 radical (unpaired) electrons. The Balaban J connectivity index is 1.79. The Kier molecular flexibility index (Phi) is 6.19. The van der Waals surface area contributed by atoms with Crippen LogP contribution < -0.4 is 10.6 Å². The molecule has 0 bridgehead atoms.